The Hall–Kier alpha value is -2.80. The van der Waals surface area contributed by atoms with Gasteiger partial charge in [0.15, 0.2) is 5.82 Å². The van der Waals surface area contributed by atoms with Gasteiger partial charge in [0, 0.05) is 23.5 Å². The van der Waals surface area contributed by atoms with Crippen LogP contribution in [0.1, 0.15) is 18.4 Å². The van der Waals surface area contributed by atoms with Crippen molar-refractivity contribution in [1.29, 1.82) is 0 Å². The number of halogens is 1. The van der Waals surface area contributed by atoms with Crippen LogP contribution in [0.5, 0.6) is 5.75 Å². The molecule has 0 aliphatic carbocycles. The number of likely N-dealkylation sites (N-methyl/N-ethyl adjacent to an activating group) is 1. The molecule has 1 atom stereocenters. The van der Waals surface area contributed by atoms with Crippen molar-refractivity contribution in [3.05, 3.63) is 41.8 Å². The van der Waals surface area contributed by atoms with Gasteiger partial charge in [-0.25, -0.2) is 4.98 Å². The number of likely N-dealkylation sites (tertiary alicyclic amines) is 1. The Labute approximate surface area is 157 Å². The number of aryl methyl sites for hydroxylation is 1. The van der Waals surface area contributed by atoms with E-state index in [2.05, 4.69) is 32.4 Å². The molecule has 1 aromatic carbocycles. The number of rotatable bonds is 3. The number of aromatic hydroxyl groups is 1. The number of fused-ring (bicyclic) bond motifs is 1. The fraction of sp³-hybridized carbons (Fsp3) is 0.350. The molecule has 1 aliphatic heterocycles. The van der Waals surface area contributed by atoms with Crippen LogP contribution in [0.4, 0.5) is 10.2 Å². The van der Waals surface area contributed by atoms with Gasteiger partial charge in [0.1, 0.15) is 17.0 Å². The van der Waals surface area contributed by atoms with E-state index in [9.17, 15) is 9.50 Å². The van der Waals surface area contributed by atoms with E-state index in [4.69, 9.17) is 0 Å². The molecule has 0 spiro atoms. The maximum Gasteiger partial charge on any atom is 0.213 e. The second kappa shape index (κ2) is 7.08. The van der Waals surface area contributed by atoms with Crippen molar-refractivity contribution in [2.24, 2.45) is 0 Å². The first-order valence-corrected chi connectivity index (χ1v) is 9.09. The van der Waals surface area contributed by atoms with Gasteiger partial charge < -0.3 is 15.3 Å². The summed E-state index contributed by atoms with van der Waals surface area (Å²) in [7, 11) is 2.08. The number of piperidine rings is 1. The number of anilines is 1. The SMILES string of the molecule is Cc1ccc(-c2nnc(N[C@@H]3CCCN(C)C3)c3nc(F)ccc23)c(O)c1. The number of phenolic OH excluding ortho intramolecular Hbond substituents is 1. The summed E-state index contributed by atoms with van der Waals surface area (Å²) in [5, 5.41) is 23.0. The maximum atomic E-state index is 13.9. The van der Waals surface area contributed by atoms with E-state index < -0.39 is 5.95 Å². The Bertz CT molecular complexity index is 994. The van der Waals surface area contributed by atoms with Gasteiger partial charge >= 0.3 is 0 Å². The lowest BCUT2D eigenvalue weighted by Gasteiger charge is -2.30. The lowest BCUT2D eigenvalue weighted by atomic mass is 10.0. The lowest BCUT2D eigenvalue weighted by Crippen LogP contribution is -2.40. The fourth-order valence-electron chi connectivity index (χ4n) is 3.62. The Morgan fingerprint density at radius 2 is 2.07 bits per heavy atom. The predicted octanol–water partition coefficient (Wildman–Crippen LogP) is 3.35. The molecular formula is C20H22FN5O. The summed E-state index contributed by atoms with van der Waals surface area (Å²) in [5.41, 5.74) is 2.40. The third-order valence-corrected chi connectivity index (χ3v) is 4.96. The largest absolute Gasteiger partial charge is 0.507 e. The quantitative estimate of drug-likeness (QED) is 0.692. The smallest absolute Gasteiger partial charge is 0.213 e. The first-order chi connectivity index (χ1) is 13.0. The van der Waals surface area contributed by atoms with E-state index in [0.717, 1.165) is 31.5 Å². The van der Waals surface area contributed by atoms with Crippen molar-refractivity contribution >= 4 is 16.7 Å². The third-order valence-electron chi connectivity index (χ3n) is 4.96. The molecule has 1 aliphatic rings. The van der Waals surface area contributed by atoms with Crippen LogP contribution in [0.3, 0.4) is 0 Å². The Morgan fingerprint density at radius 1 is 1.22 bits per heavy atom. The summed E-state index contributed by atoms with van der Waals surface area (Å²) >= 11 is 0. The highest BCUT2D eigenvalue weighted by Gasteiger charge is 2.21. The van der Waals surface area contributed by atoms with E-state index in [0.29, 0.717) is 28.0 Å². The highest BCUT2D eigenvalue weighted by Crippen LogP contribution is 2.34. The summed E-state index contributed by atoms with van der Waals surface area (Å²) in [6.45, 7) is 3.86. The zero-order valence-corrected chi connectivity index (χ0v) is 15.4. The molecule has 140 valence electrons. The van der Waals surface area contributed by atoms with Gasteiger partial charge in [-0.3, -0.25) is 0 Å². The number of aromatic nitrogens is 3. The topological polar surface area (TPSA) is 74.2 Å². The molecule has 3 heterocycles. The molecule has 4 rings (SSSR count). The van der Waals surface area contributed by atoms with Gasteiger partial charge in [0.25, 0.3) is 0 Å². The van der Waals surface area contributed by atoms with Crippen LogP contribution < -0.4 is 5.32 Å². The first-order valence-electron chi connectivity index (χ1n) is 9.09. The number of hydrogen-bond donors (Lipinski definition) is 2. The van der Waals surface area contributed by atoms with Crippen molar-refractivity contribution in [3.63, 3.8) is 0 Å². The van der Waals surface area contributed by atoms with Gasteiger partial charge in [-0.2, -0.15) is 4.39 Å². The van der Waals surface area contributed by atoms with Crippen LogP contribution in [0, 0.1) is 12.9 Å². The van der Waals surface area contributed by atoms with Crippen LogP contribution in [-0.4, -0.2) is 51.4 Å². The molecular weight excluding hydrogens is 345 g/mol. The van der Waals surface area contributed by atoms with Crippen LogP contribution in [0.25, 0.3) is 22.2 Å². The summed E-state index contributed by atoms with van der Waals surface area (Å²) < 4.78 is 13.9. The lowest BCUT2D eigenvalue weighted by molar-refractivity contribution is 0.261. The minimum atomic E-state index is -0.571. The number of pyridine rings is 1. The zero-order valence-electron chi connectivity index (χ0n) is 15.4. The number of nitrogens with one attached hydrogen (secondary N) is 1. The molecule has 3 aromatic rings. The number of benzene rings is 1. The van der Waals surface area contributed by atoms with Crippen LogP contribution in [0.15, 0.2) is 30.3 Å². The molecule has 0 saturated carbocycles. The molecule has 0 radical (unpaired) electrons. The summed E-state index contributed by atoms with van der Waals surface area (Å²) in [5.74, 6) is 0.0167. The molecule has 2 aromatic heterocycles. The zero-order chi connectivity index (χ0) is 19.0. The summed E-state index contributed by atoms with van der Waals surface area (Å²) in [6, 6.07) is 8.51. The second-order valence-corrected chi connectivity index (χ2v) is 7.19. The third kappa shape index (κ3) is 3.55. The predicted molar refractivity (Wildman–Crippen MR) is 103 cm³/mol. The van der Waals surface area contributed by atoms with Crippen molar-refractivity contribution in [3.8, 4) is 17.0 Å². The molecule has 0 amide bonds. The molecule has 7 heteroatoms. The van der Waals surface area contributed by atoms with E-state index >= 15 is 0 Å². The average molecular weight is 367 g/mol. The Morgan fingerprint density at radius 3 is 2.85 bits per heavy atom. The molecule has 0 unspecified atom stereocenters. The fourth-order valence-corrected chi connectivity index (χ4v) is 3.62. The minimum Gasteiger partial charge on any atom is -0.507 e. The van der Waals surface area contributed by atoms with Crippen LogP contribution in [0.2, 0.25) is 0 Å². The van der Waals surface area contributed by atoms with Gasteiger partial charge in [-0.05, 0) is 63.2 Å². The molecule has 1 saturated heterocycles. The van der Waals surface area contributed by atoms with Crippen molar-refractivity contribution < 1.29 is 9.50 Å². The Balaban J connectivity index is 1.79. The van der Waals surface area contributed by atoms with E-state index in [-0.39, 0.29) is 11.8 Å². The van der Waals surface area contributed by atoms with Crippen molar-refractivity contribution in [1.82, 2.24) is 20.1 Å². The summed E-state index contributed by atoms with van der Waals surface area (Å²) in [4.78, 5) is 6.32. The number of hydrogen-bond acceptors (Lipinski definition) is 6. The van der Waals surface area contributed by atoms with E-state index in [1.807, 2.05) is 13.0 Å². The highest BCUT2D eigenvalue weighted by atomic mass is 19.1. The molecule has 6 nitrogen and oxygen atoms in total. The van der Waals surface area contributed by atoms with E-state index in [1.54, 1.807) is 18.2 Å². The minimum absolute atomic E-state index is 0.115. The van der Waals surface area contributed by atoms with Crippen molar-refractivity contribution in [2.45, 2.75) is 25.8 Å². The second-order valence-electron chi connectivity index (χ2n) is 7.19. The monoisotopic (exact) mass is 367 g/mol. The average Bonchev–Trinajstić information content (AvgIpc) is 2.63. The normalized spacial score (nSPS) is 18.0. The molecule has 27 heavy (non-hydrogen) atoms. The molecule has 0 bridgehead atoms. The van der Waals surface area contributed by atoms with Gasteiger partial charge in [0.05, 0.1) is 0 Å². The highest BCUT2D eigenvalue weighted by molar-refractivity contribution is 5.98. The molecule has 2 N–H and O–H groups in total. The van der Waals surface area contributed by atoms with Crippen molar-refractivity contribution in [2.75, 3.05) is 25.5 Å². The van der Waals surface area contributed by atoms with Gasteiger partial charge in [-0.1, -0.05) is 6.07 Å². The van der Waals surface area contributed by atoms with E-state index in [1.165, 1.54) is 6.07 Å². The standard InChI is InChI=1S/C20H22FN5O/c1-12-5-6-14(16(27)10-12)18-15-7-8-17(21)23-19(15)20(25-24-18)22-13-4-3-9-26(2)11-13/h5-8,10,13,27H,3-4,9,11H2,1-2H3,(H,22,25)/t13-/m1/s1. The summed E-state index contributed by atoms with van der Waals surface area (Å²) in [6.07, 6.45) is 2.11. The Kier molecular flexibility index (Phi) is 4.61. The van der Waals surface area contributed by atoms with Crippen LogP contribution in [-0.2, 0) is 0 Å². The van der Waals surface area contributed by atoms with Crippen LogP contribution >= 0.6 is 0 Å². The molecule has 1 fully saturated rings. The first kappa shape index (κ1) is 17.6. The van der Waals surface area contributed by atoms with Gasteiger partial charge in [-0.15, -0.1) is 10.2 Å². The number of phenols is 1. The maximum absolute atomic E-state index is 13.9. The van der Waals surface area contributed by atoms with Gasteiger partial charge in [0.2, 0.25) is 5.95 Å². The number of nitrogens with zero attached hydrogens (tertiary/aromatic N) is 4.